The van der Waals surface area contributed by atoms with Gasteiger partial charge in [0.15, 0.2) is 0 Å². The first-order valence-electron chi connectivity index (χ1n) is 8.44. The molecule has 0 radical (unpaired) electrons. The van der Waals surface area contributed by atoms with E-state index in [9.17, 15) is 20.2 Å². The van der Waals surface area contributed by atoms with Gasteiger partial charge in [-0.25, -0.2) is 9.97 Å². The molecule has 1 heterocycles. The van der Waals surface area contributed by atoms with E-state index in [1.807, 2.05) is 32.0 Å². The van der Waals surface area contributed by atoms with Crippen LogP contribution in [0.5, 0.6) is 0 Å². The van der Waals surface area contributed by atoms with Crippen molar-refractivity contribution in [1.82, 2.24) is 9.97 Å². The first kappa shape index (κ1) is 19.5. The Balaban J connectivity index is 1.84. The number of nitro benzene ring substituents is 1. The van der Waals surface area contributed by atoms with Crippen LogP contribution < -0.4 is 16.2 Å². The fourth-order valence-corrected chi connectivity index (χ4v) is 2.72. The Morgan fingerprint density at radius 1 is 0.793 bits per heavy atom. The molecule has 0 aliphatic carbocycles. The average Bonchev–Trinajstić information content (AvgIpc) is 2.65. The van der Waals surface area contributed by atoms with Gasteiger partial charge in [0.05, 0.1) is 15.5 Å². The fourth-order valence-electron chi connectivity index (χ4n) is 2.72. The molecule has 3 aromatic rings. The summed E-state index contributed by atoms with van der Waals surface area (Å²) in [5, 5.41) is 25.3. The lowest BCUT2D eigenvalue weighted by Crippen LogP contribution is -2.13. The molecule has 0 amide bonds. The van der Waals surface area contributed by atoms with Crippen molar-refractivity contribution in [3.63, 3.8) is 0 Å². The molecule has 148 valence electrons. The number of benzene rings is 2. The van der Waals surface area contributed by atoms with Crippen molar-refractivity contribution in [1.29, 1.82) is 0 Å². The summed E-state index contributed by atoms with van der Waals surface area (Å²) in [6.45, 7) is 3.85. The zero-order chi connectivity index (χ0) is 21.0. The molecule has 0 fully saturated rings. The molecule has 0 aliphatic rings. The molecule has 2 aromatic carbocycles. The van der Waals surface area contributed by atoms with E-state index in [0.717, 1.165) is 11.1 Å². The van der Waals surface area contributed by atoms with Crippen molar-refractivity contribution >= 4 is 34.4 Å². The summed E-state index contributed by atoms with van der Waals surface area (Å²) in [5.74, 6) is -0.0294. The molecule has 1 aromatic heterocycles. The second-order valence-corrected chi connectivity index (χ2v) is 6.23. The molecule has 0 saturated carbocycles. The minimum atomic E-state index is -0.592. The third-order valence-electron chi connectivity index (χ3n) is 3.89. The summed E-state index contributed by atoms with van der Waals surface area (Å²) in [6, 6.07) is 11.2. The summed E-state index contributed by atoms with van der Waals surface area (Å²) >= 11 is 0. The number of aromatic nitrogens is 2. The van der Waals surface area contributed by atoms with E-state index in [-0.39, 0.29) is 23.0 Å². The minimum absolute atomic E-state index is 0.0306. The smallest absolute Gasteiger partial charge is 0.334 e. The first-order chi connectivity index (χ1) is 13.8. The SMILES string of the molecule is Cc1cc(C)cc(Nc2ncnc(NNc3ccc([N+](=O)[O-])cc3)c2[N+](=O)[O-])c1. The average molecular weight is 395 g/mol. The Hall–Kier alpha value is -4.28. The van der Waals surface area contributed by atoms with E-state index in [2.05, 4.69) is 26.1 Å². The molecule has 0 spiro atoms. The van der Waals surface area contributed by atoms with Crippen LogP contribution in [-0.4, -0.2) is 19.8 Å². The van der Waals surface area contributed by atoms with Crippen molar-refractivity contribution in [3.8, 4) is 0 Å². The van der Waals surface area contributed by atoms with Gasteiger partial charge in [-0.15, -0.1) is 0 Å². The van der Waals surface area contributed by atoms with Crippen molar-refractivity contribution < 1.29 is 9.85 Å². The molecule has 3 N–H and O–H groups in total. The van der Waals surface area contributed by atoms with E-state index >= 15 is 0 Å². The van der Waals surface area contributed by atoms with E-state index in [1.54, 1.807) is 0 Å². The maximum Gasteiger partial charge on any atom is 0.355 e. The van der Waals surface area contributed by atoms with Gasteiger partial charge >= 0.3 is 5.69 Å². The third-order valence-corrected chi connectivity index (χ3v) is 3.89. The van der Waals surface area contributed by atoms with Crippen LogP contribution in [0.1, 0.15) is 11.1 Å². The second-order valence-electron chi connectivity index (χ2n) is 6.23. The molecule has 0 bridgehead atoms. The predicted octanol–water partition coefficient (Wildman–Crippen LogP) is 4.09. The number of hydrazine groups is 1. The number of aryl methyl sites for hydroxylation is 2. The number of hydrogen-bond donors (Lipinski definition) is 3. The fraction of sp³-hybridized carbons (Fsp3) is 0.111. The van der Waals surface area contributed by atoms with Crippen LogP contribution in [0.3, 0.4) is 0 Å². The highest BCUT2D eigenvalue weighted by atomic mass is 16.6. The van der Waals surface area contributed by atoms with Crippen molar-refractivity contribution in [2.24, 2.45) is 0 Å². The normalized spacial score (nSPS) is 10.3. The summed E-state index contributed by atoms with van der Waals surface area (Å²) in [7, 11) is 0. The Bertz CT molecular complexity index is 1050. The van der Waals surface area contributed by atoms with Gasteiger partial charge in [0.1, 0.15) is 6.33 Å². The van der Waals surface area contributed by atoms with E-state index in [4.69, 9.17) is 0 Å². The molecule has 0 aliphatic heterocycles. The second kappa shape index (κ2) is 8.17. The van der Waals surface area contributed by atoms with Gasteiger partial charge in [-0.05, 0) is 49.2 Å². The van der Waals surface area contributed by atoms with Crippen LogP contribution in [0.15, 0.2) is 48.8 Å². The van der Waals surface area contributed by atoms with Gasteiger partial charge < -0.3 is 5.32 Å². The van der Waals surface area contributed by atoms with Crippen LogP contribution in [-0.2, 0) is 0 Å². The monoisotopic (exact) mass is 395 g/mol. The number of nitrogens with one attached hydrogen (secondary N) is 3. The highest BCUT2D eigenvalue weighted by Gasteiger charge is 2.23. The van der Waals surface area contributed by atoms with Crippen molar-refractivity contribution in [3.05, 3.63) is 80.1 Å². The van der Waals surface area contributed by atoms with Gasteiger partial charge in [0.2, 0.25) is 11.6 Å². The highest BCUT2D eigenvalue weighted by molar-refractivity contribution is 5.75. The Labute approximate surface area is 165 Å². The third kappa shape index (κ3) is 4.71. The van der Waals surface area contributed by atoms with Crippen LogP contribution in [0.4, 0.5) is 34.4 Å². The van der Waals surface area contributed by atoms with E-state index in [1.165, 1.54) is 30.6 Å². The number of nitro groups is 2. The molecule has 0 unspecified atom stereocenters. The number of anilines is 4. The lowest BCUT2D eigenvalue weighted by Gasteiger charge is -2.12. The largest absolute Gasteiger partial charge is 0.355 e. The summed E-state index contributed by atoms with van der Waals surface area (Å²) in [6.07, 6.45) is 1.19. The lowest BCUT2D eigenvalue weighted by molar-refractivity contribution is -0.384. The summed E-state index contributed by atoms with van der Waals surface area (Å²) < 4.78 is 0. The lowest BCUT2D eigenvalue weighted by atomic mass is 10.1. The first-order valence-corrected chi connectivity index (χ1v) is 8.44. The highest BCUT2D eigenvalue weighted by Crippen LogP contribution is 2.31. The number of nitrogens with zero attached hydrogens (tertiary/aromatic N) is 4. The molecule has 29 heavy (non-hydrogen) atoms. The topological polar surface area (TPSA) is 148 Å². The molecule has 11 nitrogen and oxygen atoms in total. The van der Waals surface area contributed by atoms with Crippen LogP contribution in [0, 0.1) is 34.1 Å². The van der Waals surface area contributed by atoms with Gasteiger partial charge in [-0.1, -0.05) is 6.07 Å². The Morgan fingerprint density at radius 3 is 2.00 bits per heavy atom. The standard InChI is InChI=1S/C18H17N7O4/c1-11-7-12(2)9-14(8-11)21-17-16(25(28)29)18(20-10-19-17)23-22-13-3-5-15(6-4-13)24(26)27/h3-10,22H,1-2H3,(H2,19,20,21,23). The molecular weight excluding hydrogens is 378 g/mol. The van der Waals surface area contributed by atoms with E-state index in [0.29, 0.717) is 11.4 Å². The van der Waals surface area contributed by atoms with Gasteiger partial charge in [0, 0.05) is 17.8 Å². The maximum absolute atomic E-state index is 11.6. The minimum Gasteiger partial charge on any atom is -0.334 e. The number of hydrogen-bond acceptors (Lipinski definition) is 9. The van der Waals surface area contributed by atoms with Crippen LogP contribution in [0.2, 0.25) is 0 Å². The van der Waals surface area contributed by atoms with Crippen molar-refractivity contribution in [2.75, 3.05) is 16.2 Å². The van der Waals surface area contributed by atoms with Crippen LogP contribution >= 0.6 is 0 Å². The van der Waals surface area contributed by atoms with Crippen molar-refractivity contribution in [2.45, 2.75) is 13.8 Å². The van der Waals surface area contributed by atoms with Gasteiger partial charge in [0.25, 0.3) is 5.69 Å². The van der Waals surface area contributed by atoms with Crippen LogP contribution in [0.25, 0.3) is 0 Å². The van der Waals surface area contributed by atoms with Gasteiger partial charge in [-0.2, -0.15) is 0 Å². The Morgan fingerprint density at radius 2 is 1.41 bits per heavy atom. The summed E-state index contributed by atoms with van der Waals surface area (Å²) in [5.41, 5.74) is 8.11. The maximum atomic E-state index is 11.6. The molecule has 11 heteroatoms. The molecule has 0 saturated heterocycles. The Kier molecular flexibility index (Phi) is 5.49. The molecular formula is C18H17N7O4. The summed E-state index contributed by atoms with van der Waals surface area (Å²) in [4.78, 5) is 29.2. The molecule has 0 atom stereocenters. The quantitative estimate of drug-likeness (QED) is 0.397. The van der Waals surface area contributed by atoms with E-state index < -0.39 is 9.85 Å². The van der Waals surface area contributed by atoms with Gasteiger partial charge in [-0.3, -0.25) is 31.1 Å². The zero-order valence-corrected chi connectivity index (χ0v) is 15.5. The number of non-ortho nitro benzene ring substituents is 1. The number of rotatable bonds is 7. The zero-order valence-electron chi connectivity index (χ0n) is 15.5. The molecule has 3 rings (SSSR count). The predicted molar refractivity (Wildman–Crippen MR) is 108 cm³/mol.